The Kier molecular flexibility index (Phi) is 4.99. The molecule has 1 N–H and O–H groups in total. The SMILES string of the molecule is CCOC(=O)C1CCCN(C(=O)NC(C)(C)C)C1. The Bertz CT molecular complexity index is 310. The Morgan fingerprint density at radius 2 is 2.06 bits per heavy atom. The molecule has 1 heterocycles. The van der Waals surface area contributed by atoms with Crippen molar-refractivity contribution in [2.45, 2.75) is 46.1 Å². The maximum Gasteiger partial charge on any atom is 0.317 e. The van der Waals surface area contributed by atoms with Crippen molar-refractivity contribution in [3.63, 3.8) is 0 Å². The Morgan fingerprint density at radius 1 is 1.39 bits per heavy atom. The summed E-state index contributed by atoms with van der Waals surface area (Å²) < 4.78 is 5.01. The highest BCUT2D eigenvalue weighted by molar-refractivity contribution is 5.77. The maximum atomic E-state index is 12.0. The van der Waals surface area contributed by atoms with Crippen molar-refractivity contribution in [1.29, 1.82) is 0 Å². The lowest BCUT2D eigenvalue weighted by atomic mass is 9.98. The number of ether oxygens (including phenoxy) is 1. The molecule has 5 heteroatoms. The van der Waals surface area contributed by atoms with E-state index in [1.165, 1.54) is 0 Å². The first-order valence-electron chi connectivity index (χ1n) is 6.57. The van der Waals surface area contributed by atoms with Crippen molar-refractivity contribution < 1.29 is 14.3 Å². The minimum atomic E-state index is -0.256. The second-order valence-corrected chi connectivity index (χ2v) is 5.72. The standard InChI is InChI=1S/C13H24N2O3/c1-5-18-11(16)10-7-6-8-15(9-10)12(17)14-13(2,3)4/h10H,5-9H2,1-4H3,(H,14,17). The zero-order valence-corrected chi connectivity index (χ0v) is 11.8. The fourth-order valence-electron chi connectivity index (χ4n) is 2.01. The summed E-state index contributed by atoms with van der Waals surface area (Å²) >= 11 is 0. The summed E-state index contributed by atoms with van der Waals surface area (Å²) in [5.41, 5.74) is -0.256. The van der Waals surface area contributed by atoms with Crippen LogP contribution in [0.2, 0.25) is 0 Å². The van der Waals surface area contributed by atoms with Crippen molar-refractivity contribution in [1.82, 2.24) is 10.2 Å². The Labute approximate surface area is 109 Å². The van der Waals surface area contributed by atoms with Gasteiger partial charge in [0.25, 0.3) is 0 Å². The quantitative estimate of drug-likeness (QED) is 0.766. The van der Waals surface area contributed by atoms with Crippen LogP contribution in [0.4, 0.5) is 4.79 Å². The molecular formula is C13H24N2O3. The first-order valence-corrected chi connectivity index (χ1v) is 6.57. The van der Waals surface area contributed by atoms with Crippen molar-refractivity contribution in [3.05, 3.63) is 0 Å². The van der Waals surface area contributed by atoms with Gasteiger partial charge in [0.15, 0.2) is 0 Å². The smallest absolute Gasteiger partial charge is 0.317 e. The predicted molar refractivity (Wildman–Crippen MR) is 69.2 cm³/mol. The van der Waals surface area contributed by atoms with E-state index in [2.05, 4.69) is 5.32 Å². The van der Waals surface area contributed by atoms with Gasteiger partial charge in [-0.2, -0.15) is 0 Å². The van der Waals surface area contributed by atoms with E-state index in [9.17, 15) is 9.59 Å². The van der Waals surface area contributed by atoms with Crippen LogP contribution in [0, 0.1) is 5.92 Å². The summed E-state index contributed by atoms with van der Waals surface area (Å²) in [7, 11) is 0. The summed E-state index contributed by atoms with van der Waals surface area (Å²) in [5.74, 6) is -0.366. The molecule has 0 aromatic rings. The van der Waals surface area contributed by atoms with Gasteiger partial charge in [0.1, 0.15) is 0 Å². The van der Waals surface area contributed by atoms with Crippen LogP contribution in [0.5, 0.6) is 0 Å². The van der Waals surface area contributed by atoms with Crippen LogP contribution in [0.3, 0.4) is 0 Å². The van der Waals surface area contributed by atoms with Crippen LogP contribution in [0.25, 0.3) is 0 Å². The monoisotopic (exact) mass is 256 g/mol. The minimum Gasteiger partial charge on any atom is -0.466 e. The van der Waals surface area contributed by atoms with Crippen LogP contribution in [0.15, 0.2) is 0 Å². The lowest BCUT2D eigenvalue weighted by molar-refractivity contribution is -0.149. The van der Waals surface area contributed by atoms with E-state index in [1.54, 1.807) is 11.8 Å². The fourth-order valence-corrected chi connectivity index (χ4v) is 2.01. The fraction of sp³-hybridized carbons (Fsp3) is 0.846. The molecule has 0 aromatic heterocycles. The average Bonchev–Trinajstić information content (AvgIpc) is 2.27. The molecule has 1 rings (SSSR count). The van der Waals surface area contributed by atoms with Crippen LogP contribution >= 0.6 is 0 Å². The molecule has 2 amide bonds. The molecular weight excluding hydrogens is 232 g/mol. The first-order chi connectivity index (χ1) is 8.33. The molecule has 0 aliphatic carbocycles. The van der Waals surface area contributed by atoms with E-state index in [1.807, 2.05) is 20.8 Å². The highest BCUT2D eigenvalue weighted by Gasteiger charge is 2.30. The molecule has 0 radical (unpaired) electrons. The molecule has 1 saturated heterocycles. The maximum absolute atomic E-state index is 12.0. The number of hydrogen-bond donors (Lipinski definition) is 1. The second kappa shape index (κ2) is 6.07. The Morgan fingerprint density at radius 3 is 2.61 bits per heavy atom. The number of likely N-dealkylation sites (tertiary alicyclic amines) is 1. The van der Waals surface area contributed by atoms with Gasteiger partial charge in [0.05, 0.1) is 12.5 Å². The van der Waals surface area contributed by atoms with E-state index in [0.717, 1.165) is 12.8 Å². The number of esters is 1. The number of amides is 2. The Hall–Kier alpha value is -1.26. The number of urea groups is 1. The first kappa shape index (κ1) is 14.8. The largest absolute Gasteiger partial charge is 0.466 e. The molecule has 0 aromatic carbocycles. The van der Waals surface area contributed by atoms with E-state index in [4.69, 9.17) is 4.74 Å². The van der Waals surface area contributed by atoms with E-state index in [0.29, 0.717) is 19.7 Å². The topological polar surface area (TPSA) is 58.6 Å². The number of carbonyl (C=O) groups excluding carboxylic acids is 2. The van der Waals surface area contributed by atoms with E-state index in [-0.39, 0.29) is 23.5 Å². The van der Waals surface area contributed by atoms with Gasteiger partial charge < -0.3 is 15.0 Å². The van der Waals surface area contributed by atoms with Gasteiger partial charge in [-0.25, -0.2) is 4.79 Å². The molecule has 1 atom stereocenters. The van der Waals surface area contributed by atoms with Crippen molar-refractivity contribution in [3.8, 4) is 0 Å². The highest BCUT2D eigenvalue weighted by Crippen LogP contribution is 2.18. The third-order valence-corrected chi connectivity index (χ3v) is 2.81. The molecule has 0 saturated carbocycles. The summed E-state index contributed by atoms with van der Waals surface area (Å²) in [5, 5.41) is 2.92. The van der Waals surface area contributed by atoms with Gasteiger partial charge in [-0.05, 0) is 40.5 Å². The Balaban J connectivity index is 2.53. The number of carbonyl (C=O) groups is 2. The number of nitrogens with one attached hydrogen (secondary N) is 1. The van der Waals surface area contributed by atoms with Crippen molar-refractivity contribution in [2.24, 2.45) is 5.92 Å². The molecule has 1 aliphatic heterocycles. The van der Waals surface area contributed by atoms with Crippen molar-refractivity contribution >= 4 is 12.0 Å². The van der Waals surface area contributed by atoms with Gasteiger partial charge in [-0.3, -0.25) is 4.79 Å². The van der Waals surface area contributed by atoms with Gasteiger partial charge >= 0.3 is 12.0 Å². The second-order valence-electron chi connectivity index (χ2n) is 5.72. The molecule has 18 heavy (non-hydrogen) atoms. The zero-order chi connectivity index (χ0) is 13.8. The van der Waals surface area contributed by atoms with Crippen LogP contribution in [0.1, 0.15) is 40.5 Å². The number of hydrogen-bond acceptors (Lipinski definition) is 3. The van der Waals surface area contributed by atoms with Gasteiger partial charge in [0, 0.05) is 18.6 Å². The van der Waals surface area contributed by atoms with E-state index < -0.39 is 0 Å². The van der Waals surface area contributed by atoms with Gasteiger partial charge in [0.2, 0.25) is 0 Å². The third kappa shape index (κ3) is 4.55. The molecule has 104 valence electrons. The lowest BCUT2D eigenvalue weighted by Crippen LogP contribution is -2.52. The minimum absolute atomic E-state index is 0.100. The molecule has 0 bridgehead atoms. The highest BCUT2D eigenvalue weighted by atomic mass is 16.5. The normalized spacial score (nSPS) is 20.4. The molecule has 1 fully saturated rings. The summed E-state index contributed by atoms with van der Waals surface area (Å²) in [6.45, 7) is 9.18. The van der Waals surface area contributed by atoms with Crippen LogP contribution in [-0.2, 0) is 9.53 Å². The summed E-state index contributed by atoms with van der Waals surface area (Å²) in [6.07, 6.45) is 1.65. The third-order valence-electron chi connectivity index (χ3n) is 2.81. The summed E-state index contributed by atoms with van der Waals surface area (Å²) in [4.78, 5) is 25.4. The number of nitrogens with zero attached hydrogens (tertiary/aromatic N) is 1. The van der Waals surface area contributed by atoms with E-state index >= 15 is 0 Å². The predicted octanol–water partition coefficient (Wildman–Crippen LogP) is 1.77. The number of piperidine rings is 1. The molecule has 1 aliphatic rings. The summed E-state index contributed by atoms with van der Waals surface area (Å²) in [6, 6.07) is -0.100. The van der Waals surface area contributed by atoms with Gasteiger partial charge in [-0.1, -0.05) is 0 Å². The average molecular weight is 256 g/mol. The molecule has 1 unspecified atom stereocenters. The van der Waals surface area contributed by atoms with Gasteiger partial charge in [-0.15, -0.1) is 0 Å². The van der Waals surface area contributed by atoms with Crippen LogP contribution in [-0.4, -0.2) is 42.1 Å². The van der Waals surface area contributed by atoms with Crippen LogP contribution < -0.4 is 5.32 Å². The number of rotatable bonds is 2. The molecule has 5 nitrogen and oxygen atoms in total. The zero-order valence-electron chi connectivity index (χ0n) is 11.8. The van der Waals surface area contributed by atoms with Crippen molar-refractivity contribution in [2.75, 3.05) is 19.7 Å². The molecule has 0 spiro atoms. The lowest BCUT2D eigenvalue weighted by Gasteiger charge is -2.34.